The monoisotopic (exact) mass is 658 g/mol. The molecule has 2 heterocycles. The summed E-state index contributed by atoms with van der Waals surface area (Å²) in [4.78, 5) is 62.8. The average Bonchev–Trinajstić information content (AvgIpc) is 3.50. The first-order chi connectivity index (χ1) is 21.3. The zero-order chi connectivity index (χ0) is 32.9. The van der Waals surface area contributed by atoms with Crippen molar-refractivity contribution in [1.82, 2.24) is 25.5 Å². The molecule has 248 valence electrons. The number of carbonyl (C=O) groups excluding carboxylic acids is 4. The topological polar surface area (TPSA) is 167 Å². The van der Waals surface area contributed by atoms with Gasteiger partial charge in [0.2, 0.25) is 17.7 Å². The summed E-state index contributed by atoms with van der Waals surface area (Å²) in [7, 11) is 3.10. The van der Waals surface area contributed by atoms with Gasteiger partial charge in [-0.25, -0.2) is 19.2 Å². The summed E-state index contributed by atoms with van der Waals surface area (Å²) in [6.07, 6.45) is 2.29. The van der Waals surface area contributed by atoms with Crippen LogP contribution in [0.2, 0.25) is 0 Å². The Bertz CT molecular complexity index is 1600. The molecule has 2 aromatic carbocycles. The van der Waals surface area contributed by atoms with Crippen LogP contribution in [0, 0.1) is 11.2 Å². The Labute approximate surface area is 272 Å². The van der Waals surface area contributed by atoms with Crippen LogP contribution in [0.5, 0.6) is 5.75 Å². The number of methoxy groups -OCH3 is 1. The molecule has 15 heteroatoms. The molecule has 1 unspecified atom stereocenters. The predicted octanol–water partition coefficient (Wildman–Crippen LogP) is 3.91. The molecule has 46 heavy (non-hydrogen) atoms. The van der Waals surface area contributed by atoms with Crippen LogP contribution in [0.1, 0.15) is 40.5 Å². The van der Waals surface area contributed by atoms with Crippen molar-refractivity contribution in [2.75, 3.05) is 36.7 Å². The van der Waals surface area contributed by atoms with Crippen molar-refractivity contribution in [2.24, 2.45) is 5.41 Å². The van der Waals surface area contributed by atoms with Crippen molar-refractivity contribution in [1.29, 1.82) is 0 Å². The lowest BCUT2D eigenvalue weighted by Crippen LogP contribution is -2.59. The van der Waals surface area contributed by atoms with Crippen LogP contribution in [0.4, 0.5) is 26.4 Å². The lowest BCUT2D eigenvalue weighted by atomic mass is 9.85. The van der Waals surface area contributed by atoms with Crippen molar-refractivity contribution in [3.63, 3.8) is 0 Å². The quantitative estimate of drug-likeness (QED) is 0.231. The molecule has 4 rings (SSSR count). The number of ether oxygens (including phenoxy) is 1. The van der Waals surface area contributed by atoms with Crippen LogP contribution in [0.25, 0.3) is 10.9 Å². The Morgan fingerprint density at radius 2 is 1.76 bits per heavy atom. The molecule has 1 fully saturated rings. The van der Waals surface area contributed by atoms with Crippen molar-refractivity contribution in [3.8, 4) is 5.75 Å². The zero-order valence-corrected chi connectivity index (χ0v) is 27.4. The highest BCUT2D eigenvalue weighted by molar-refractivity contribution is 6.07. The second-order valence-electron chi connectivity index (χ2n) is 11.8. The molecule has 13 nitrogen and oxygen atoms in total. The molecular formula is C31H40ClFN8O5. The zero-order valence-electron chi connectivity index (χ0n) is 26.6. The number of rotatable bonds is 9. The van der Waals surface area contributed by atoms with Crippen molar-refractivity contribution < 1.29 is 28.3 Å². The van der Waals surface area contributed by atoms with Crippen molar-refractivity contribution in [2.45, 2.75) is 58.7 Å². The third kappa shape index (κ3) is 8.17. The number of carbonyl (C=O) groups is 4. The van der Waals surface area contributed by atoms with Gasteiger partial charge in [-0.15, -0.1) is 12.4 Å². The Balaban J connectivity index is 0.00000576. The number of benzene rings is 2. The highest BCUT2D eigenvalue weighted by Gasteiger charge is 2.42. The van der Waals surface area contributed by atoms with Gasteiger partial charge in [-0.2, -0.15) is 0 Å². The van der Waals surface area contributed by atoms with Gasteiger partial charge in [0, 0.05) is 18.0 Å². The van der Waals surface area contributed by atoms with E-state index in [0.717, 1.165) is 0 Å². The van der Waals surface area contributed by atoms with Gasteiger partial charge < -0.3 is 30.9 Å². The molecule has 0 bridgehead atoms. The van der Waals surface area contributed by atoms with Gasteiger partial charge >= 0.3 is 6.03 Å². The Morgan fingerprint density at radius 3 is 2.41 bits per heavy atom. The smallest absolute Gasteiger partial charge is 0.324 e. The number of hydrogen-bond acceptors (Lipinski definition) is 8. The van der Waals surface area contributed by atoms with Crippen molar-refractivity contribution in [3.05, 3.63) is 48.5 Å². The van der Waals surface area contributed by atoms with E-state index in [2.05, 4.69) is 36.6 Å². The van der Waals surface area contributed by atoms with Gasteiger partial charge in [-0.05, 0) is 50.4 Å². The first kappa shape index (κ1) is 35.9. The fraction of sp³-hybridized carbons (Fsp3) is 0.419. The van der Waals surface area contributed by atoms with Crippen LogP contribution in [0.3, 0.4) is 0 Å². The Hall–Kier alpha value is -4.56. The van der Waals surface area contributed by atoms with Crippen LogP contribution in [-0.2, 0) is 14.4 Å². The van der Waals surface area contributed by atoms with Gasteiger partial charge in [0.1, 0.15) is 35.8 Å². The van der Waals surface area contributed by atoms with Gasteiger partial charge in [0.15, 0.2) is 0 Å². The molecule has 0 aliphatic carbocycles. The van der Waals surface area contributed by atoms with Crippen LogP contribution in [-0.4, -0.2) is 77.4 Å². The second-order valence-corrected chi connectivity index (χ2v) is 11.8. The number of aromatic nitrogens is 2. The normalized spacial score (nSPS) is 15.7. The van der Waals surface area contributed by atoms with Gasteiger partial charge in [-0.3, -0.25) is 19.7 Å². The molecule has 5 N–H and O–H groups in total. The summed E-state index contributed by atoms with van der Waals surface area (Å²) < 4.78 is 19.6. The molecule has 1 aliphatic rings. The number of nitrogens with zero attached hydrogens (tertiary/aromatic N) is 3. The number of likely N-dealkylation sites (N-methyl/N-ethyl adjacent to an activating group) is 1. The van der Waals surface area contributed by atoms with E-state index in [1.807, 2.05) is 20.8 Å². The average molecular weight is 659 g/mol. The van der Waals surface area contributed by atoms with E-state index >= 15 is 0 Å². The minimum absolute atomic E-state index is 0. The summed E-state index contributed by atoms with van der Waals surface area (Å²) in [5, 5.41) is 14.0. The third-order valence-electron chi connectivity index (χ3n) is 7.63. The van der Waals surface area contributed by atoms with E-state index in [1.165, 1.54) is 36.5 Å². The van der Waals surface area contributed by atoms with Crippen LogP contribution in [0.15, 0.2) is 42.7 Å². The van der Waals surface area contributed by atoms with Crippen LogP contribution >= 0.6 is 12.4 Å². The lowest BCUT2D eigenvalue weighted by Gasteiger charge is -2.36. The summed E-state index contributed by atoms with van der Waals surface area (Å²) in [6, 6.07) is 5.99. The highest BCUT2D eigenvalue weighted by Crippen LogP contribution is 2.33. The molecule has 3 aromatic rings. The molecule has 3 atom stereocenters. The minimum atomic E-state index is -0.856. The fourth-order valence-electron chi connectivity index (χ4n) is 5.01. The molecule has 5 amide bonds. The Morgan fingerprint density at radius 1 is 1.04 bits per heavy atom. The van der Waals surface area contributed by atoms with E-state index in [4.69, 9.17) is 4.74 Å². The number of hydrogen-bond donors (Lipinski definition) is 5. The standard InChI is InChI=1S/C31H39FN8O5.ClH/c1-17(33-5)27(41)38-25(31(2,3)4)29(43)40-13-9-12-23(40)28(42)36-22-14-18-21(15-24(22)45-6)34-16-35-26(18)39-30(44)37-20-11-8-7-10-19(20)32;/h7-8,10-11,14-17,23,25,33H,9,12-13H2,1-6H3,(H,36,42)(H,38,41)(H2,34,35,37,39,44);1H/t17-,23?,25+;/m0./s1. The van der Waals surface area contributed by atoms with Gasteiger partial charge in [0.25, 0.3) is 0 Å². The number of likely N-dealkylation sites (tertiary alicyclic amines) is 1. The molecule has 0 radical (unpaired) electrons. The summed E-state index contributed by atoms with van der Waals surface area (Å²) in [5.41, 5.74) is 0.0554. The third-order valence-corrected chi connectivity index (χ3v) is 7.63. The van der Waals surface area contributed by atoms with E-state index in [0.29, 0.717) is 36.0 Å². The minimum Gasteiger partial charge on any atom is -0.494 e. The maximum Gasteiger partial charge on any atom is 0.324 e. The maximum absolute atomic E-state index is 14.0. The number of halogens is 2. The summed E-state index contributed by atoms with van der Waals surface area (Å²) in [6.45, 7) is 7.62. The molecular weight excluding hydrogens is 619 g/mol. The number of urea groups is 1. The predicted molar refractivity (Wildman–Crippen MR) is 176 cm³/mol. The maximum atomic E-state index is 14.0. The molecule has 1 aliphatic heterocycles. The number of anilines is 3. The van der Waals surface area contributed by atoms with E-state index < -0.39 is 41.3 Å². The molecule has 0 spiro atoms. The van der Waals surface area contributed by atoms with E-state index in [1.54, 1.807) is 32.2 Å². The SMILES string of the molecule is CN[C@@H](C)C(=O)N[C@H](C(=O)N1CCCC1C(=O)Nc1cc2c(NC(=O)Nc3ccccc3F)ncnc2cc1OC)C(C)(C)C.Cl. The number of fused-ring (bicyclic) bond motifs is 1. The first-order valence-corrected chi connectivity index (χ1v) is 14.6. The molecule has 0 saturated carbocycles. The number of para-hydroxylation sites is 1. The second kappa shape index (κ2) is 15.1. The Kier molecular flexibility index (Phi) is 11.8. The lowest BCUT2D eigenvalue weighted by molar-refractivity contribution is -0.143. The first-order valence-electron chi connectivity index (χ1n) is 14.6. The van der Waals surface area contributed by atoms with Crippen LogP contribution < -0.4 is 31.3 Å². The van der Waals surface area contributed by atoms with Gasteiger partial charge in [0.05, 0.1) is 30.0 Å². The number of amides is 5. The molecule has 1 aromatic heterocycles. The highest BCUT2D eigenvalue weighted by atomic mass is 35.5. The van der Waals surface area contributed by atoms with Crippen molar-refractivity contribution >= 4 is 64.3 Å². The molecule has 1 saturated heterocycles. The van der Waals surface area contributed by atoms with Gasteiger partial charge in [-0.1, -0.05) is 32.9 Å². The number of nitrogens with one attached hydrogen (secondary N) is 5. The van der Waals surface area contributed by atoms with E-state index in [-0.39, 0.29) is 41.4 Å². The van der Waals surface area contributed by atoms with E-state index in [9.17, 15) is 23.6 Å². The summed E-state index contributed by atoms with van der Waals surface area (Å²) in [5.74, 6) is -1.29. The fourth-order valence-corrected chi connectivity index (χ4v) is 5.01. The largest absolute Gasteiger partial charge is 0.494 e. The summed E-state index contributed by atoms with van der Waals surface area (Å²) >= 11 is 0.